The summed E-state index contributed by atoms with van der Waals surface area (Å²) in [6.45, 7) is 2.51. The highest BCUT2D eigenvalue weighted by Gasteiger charge is 2.15. The van der Waals surface area contributed by atoms with Crippen LogP contribution in [0.1, 0.15) is 11.3 Å². The van der Waals surface area contributed by atoms with Crippen molar-refractivity contribution in [2.45, 2.75) is 13.5 Å². The van der Waals surface area contributed by atoms with Gasteiger partial charge in [0.05, 0.1) is 4.47 Å². The molecule has 0 aliphatic rings. The van der Waals surface area contributed by atoms with Gasteiger partial charge in [-0.2, -0.15) is 0 Å². The summed E-state index contributed by atoms with van der Waals surface area (Å²) in [5, 5.41) is 10.7. The van der Waals surface area contributed by atoms with E-state index in [1.54, 1.807) is 6.07 Å². The predicted molar refractivity (Wildman–Crippen MR) is 64.9 cm³/mol. The Kier molecular flexibility index (Phi) is 2.48. The molecular weight excluding hydrogens is 256 g/mol. The first-order valence-corrected chi connectivity index (χ1v) is 5.52. The van der Waals surface area contributed by atoms with Crippen molar-refractivity contribution in [2.24, 2.45) is 12.8 Å². The summed E-state index contributed by atoms with van der Waals surface area (Å²) >= 11 is 3.40. The fourth-order valence-electron chi connectivity index (χ4n) is 1.94. The second-order valence-electron chi connectivity index (χ2n) is 3.62. The van der Waals surface area contributed by atoms with Gasteiger partial charge >= 0.3 is 0 Å². The van der Waals surface area contributed by atoms with Crippen LogP contribution in [0.3, 0.4) is 0 Å². The number of halogens is 1. The number of hydrogen-bond acceptors (Lipinski definition) is 2. The largest absolute Gasteiger partial charge is 0.507 e. The van der Waals surface area contributed by atoms with Crippen molar-refractivity contribution in [3.63, 3.8) is 0 Å². The molecule has 3 N–H and O–H groups in total. The predicted octanol–water partition coefficient (Wildman–Crippen LogP) is 2.41. The molecule has 0 spiro atoms. The first-order chi connectivity index (χ1) is 7.07. The molecule has 3 nitrogen and oxygen atoms in total. The molecule has 80 valence electrons. The Morgan fingerprint density at radius 2 is 2.13 bits per heavy atom. The summed E-state index contributed by atoms with van der Waals surface area (Å²) in [6, 6.07) is 3.59. The molecule has 0 radical (unpaired) electrons. The van der Waals surface area contributed by atoms with Crippen LogP contribution in [0.5, 0.6) is 5.75 Å². The summed E-state index contributed by atoms with van der Waals surface area (Å²) in [5.41, 5.74) is 9.03. The number of benzene rings is 1. The zero-order valence-electron chi connectivity index (χ0n) is 8.71. The molecule has 0 saturated carbocycles. The Morgan fingerprint density at radius 1 is 1.47 bits per heavy atom. The molecule has 1 aromatic heterocycles. The zero-order valence-corrected chi connectivity index (χ0v) is 10.3. The molecule has 2 aromatic rings. The van der Waals surface area contributed by atoms with Crippen LogP contribution in [-0.4, -0.2) is 9.67 Å². The van der Waals surface area contributed by atoms with E-state index in [-0.39, 0.29) is 5.75 Å². The molecule has 2 rings (SSSR count). The third-order valence-corrected chi connectivity index (χ3v) is 3.71. The minimum Gasteiger partial charge on any atom is -0.507 e. The summed E-state index contributed by atoms with van der Waals surface area (Å²) in [6.07, 6.45) is 0. The van der Waals surface area contributed by atoms with Crippen molar-refractivity contribution in [3.8, 4) is 5.75 Å². The number of nitrogens with two attached hydrogens (primary N) is 1. The van der Waals surface area contributed by atoms with Gasteiger partial charge in [-0.25, -0.2) is 0 Å². The lowest BCUT2D eigenvalue weighted by Crippen LogP contribution is -1.99. The van der Waals surface area contributed by atoms with Crippen molar-refractivity contribution in [1.29, 1.82) is 0 Å². The molecule has 4 heteroatoms. The van der Waals surface area contributed by atoms with Crippen LogP contribution in [0.15, 0.2) is 16.6 Å². The number of phenols is 1. The second-order valence-corrected chi connectivity index (χ2v) is 4.41. The molecule has 0 bridgehead atoms. The Bertz CT molecular complexity index is 531. The van der Waals surface area contributed by atoms with Crippen molar-refractivity contribution in [2.75, 3.05) is 0 Å². The maximum Gasteiger partial charge on any atom is 0.130 e. The number of aromatic nitrogens is 1. The zero-order chi connectivity index (χ0) is 11.2. The molecule has 1 heterocycles. The summed E-state index contributed by atoms with van der Waals surface area (Å²) < 4.78 is 2.81. The molecule has 0 aliphatic carbocycles. The minimum absolute atomic E-state index is 0.253. The van der Waals surface area contributed by atoms with Crippen LogP contribution < -0.4 is 5.73 Å². The fraction of sp³-hybridized carbons (Fsp3) is 0.273. The summed E-state index contributed by atoms with van der Waals surface area (Å²) in [4.78, 5) is 0. The van der Waals surface area contributed by atoms with Crippen LogP contribution in [-0.2, 0) is 13.6 Å². The second kappa shape index (κ2) is 3.54. The van der Waals surface area contributed by atoms with E-state index >= 15 is 0 Å². The maximum absolute atomic E-state index is 9.64. The van der Waals surface area contributed by atoms with Gasteiger partial charge in [0.15, 0.2) is 0 Å². The van der Waals surface area contributed by atoms with E-state index < -0.39 is 0 Å². The first kappa shape index (κ1) is 10.5. The van der Waals surface area contributed by atoms with Gasteiger partial charge in [-0.15, -0.1) is 0 Å². The average Bonchev–Trinajstić information content (AvgIpc) is 2.47. The van der Waals surface area contributed by atoms with Gasteiger partial charge < -0.3 is 15.4 Å². The molecule has 0 aliphatic heterocycles. The molecule has 1 aromatic carbocycles. The Labute approximate surface area is 96.6 Å². The molecule has 0 atom stereocenters. The summed E-state index contributed by atoms with van der Waals surface area (Å²) in [7, 11) is 2.00. The first-order valence-electron chi connectivity index (χ1n) is 4.73. The van der Waals surface area contributed by atoms with E-state index in [0.717, 1.165) is 26.6 Å². The van der Waals surface area contributed by atoms with E-state index in [0.29, 0.717) is 6.54 Å². The van der Waals surface area contributed by atoms with Gasteiger partial charge in [0.2, 0.25) is 0 Å². The minimum atomic E-state index is 0.253. The smallest absolute Gasteiger partial charge is 0.130 e. The van der Waals surface area contributed by atoms with Crippen LogP contribution >= 0.6 is 15.9 Å². The standard InChI is InChI=1S/C11H13BrN2O/c1-6-7(5-13)10-8(14(6)2)3-4-9(15)11(10)12/h3-4,15H,5,13H2,1-2H3. The number of aryl methyl sites for hydroxylation is 1. The van der Waals surface area contributed by atoms with Crippen LogP contribution in [0, 0.1) is 6.92 Å². The Morgan fingerprint density at radius 3 is 2.73 bits per heavy atom. The topological polar surface area (TPSA) is 51.2 Å². The van der Waals surface area contributed by atoms with Gasteiger partial charge in [0.25, 0.3) is 0 Å². The van der Waals surface area contributed by atoms with Gasteiger partial charge in [0.1, 0.15) is 5.75 Å². The van der Waals surface area contributed by atoms with Crippen LogP contribution in [0.25, 0.3) is 10.9 Å². The van der Waals surface area contributed by atoms with Gasteiger partial charge in [0, 0.05) is 30.2 Å². The maximum atomic E-state index is 9.64. The quantitative estimate of drug-likeness (QED) is 0.835. The normalized spacial score (nSPS) is 11.2. The number of aromatic hydroxyl groups is 1. The van der Waals surface area contributed by atoms with Crippen molar-refractivity contribution in [1.82, 2.24) is 4.57 Å². The third-order valence-electron chi connectivity index (χ3n) is 2.91. The van der Waals surface area contributed by atoms with Gasteiger partial charge in [-0.3, -0.25) is 0 Å². The summed E-state index contributed by atoms with van der Waals surface area (Å²) in [5.74, 6) is 0.253. The Balaban J connectivity index is 2.98. The highest BCUT2D eigenvalue weighted by Crippen LogP contribution is 2.36. The molecule has 0 fully saturated rings. The number of hydrogen-bond donors (Lipinski definition) is 2. The number of fused-ring (bicyclic) bond motifs is 1. The van der Waals surface area contributed by atoms with Crippen molar-refractivity contribution >= 4 is 26.8 Å². The molecule has 0 unspecified atom stereocenters. The molecule has 0 amide bonds. The Hall–Kier alpha value is -1.00. The van der Waals surface area contributed by atoms with Crippen LogP contribution in [0.4, 0.5) is 0 Å². The van der Waals surface area contributed by atoms with Crippen molar-refractivity contribution < 1.29 is 5.11 Å². The number of nitrogens with zero attached hydrogens (tertiary/aromatic N) is 1. The van der Waals surface area contributed by atoms with Crippen LogP contribution in [0.2, 0.25) is 0 Å². The molecule has 0 saturated heterocycles. The third kappa shape index (κ3) is 1.36. The van der Waals surface area contributed by atoms with Gasteiger partial charge in [-0.1, -0.05) is 0 Å². The van der Waals surface area contributed by atoms with E-state index in [4.69, 9.17) is 5.73 Å². The SMILES string of the molecule is Cc1c(CN)c2c(Br)c(O)ccc2n1C. The van der Waals surface area contributed by atoms with E-state index in [1.807, 2.05) is 20.0 Å². The highest BCUT2D eigenvalue weighted by atomic mass is 79.9. The van der Waals surface area contributed by atoms with Crippen molar-refractivity contribution in [3.05, 3.63) is 27.9 Å². The number of phenolic OH excluding ortho intramolecular Hbond substituents is 1. The molecule has 15 heavy (non-hydrogen) atoms. The average molecular weight is 269 g/mol. The lowest BCUT2D eigenvalue weighted by atomic mass is 10.1. The van der Waals surface area contributed by atoms with E-state index in [2.05, 4.69) is 20.5 Å². The fourth-order valence-corrected chi connectivity index (χ4v) is 2.51. The monoisotopic (exact) mass is 268 g/mol. The van der Waals surface area contributed by atoms with E-state index in [9.17, 15) is 5.11 Å². The number of rotatable bonds is 1. The van der Waals surface area contributed by atoms with E-state index in [1.165, 1.54) is 0 Å². The lowest BCUT2D eigenvalue weighted by Gasteiger charge is -2.01. The molecular formula is C11H13BrN2O. The lowest BCUT2D eigenvalue weighted by molar-refractivity contribution is 0.473. The van der Waals surface area contributed by atoms with Gasteiger partial charge in [-0.05, 0) is 40.5 Å². The highest BCUT2D eigenvalue weighted by molar-refractivity contribution is 9.10.